The molecule has 0 unspecified atom stereocenters. The van der Waals surface area contributed by atoms with Crippen LogP contribution in [0.15, 0.2) is 0 Å². The molecular weight excluding hydrogens is 155 g/mol. The molecule has 0 aromatic heterocycles. The Morgan fingerprint density at radius 3 is 2.44 bits per heavy atom. The molecule has 0 aliphatic carbocycles. The monoisotopic (exact) mass is 168 g/mol. The predicted molar refractivity (Wildman–Crippen MR) is 43.8 cm³/mol. The summed E-state index contributed by atoms with van der Waals surface area (Å²) in [6, 6.07) is 0. The smallest absolute Gasteiger partial charge is 0.165 e. The van der Waals surface area contributed by atoms with Crippen molar-refractivity contribution in [2.24, 2.45) is 0 Å². The Morgan fingerprint density at radius 1 is 1.33 bits per heavy atom. The SMILES string of the molecule is CCCSCCP(O)O. The quantitative estimate of drug-likeness (QED) is 0.482. The summed E-state index contributed by atoms with van der Waals surface area (Å²) < 4.78 is 0. The van der Waals surface area contributed by atoms with E-state index < -0.39 is 8.38 Å². The first-order valence-corrected chi connectivity index (χ1v) is 5.59. The van der Waals surface area contributed by atoms with Gasteiger partial charge in [-0.2, -0.15) is 11.8 Å². The molecule has 0 fully saturated rings. The van der Waals surface area contributed by atoms with Crippen LogP contribution in [0.1, 0.15) is 13.3 Å². The molecule has 0 saturated carbocycles. The standard InChI is InChI=1S/C5H13O2PS/c1-2-4-9-5-3-8(6)7/h6-7H,2-5H2,1H3. The first kappa shape index (κ1) is 9.70. The highest BCUT2D eigenvalue weighted by atomic mass is 32.2. The Bertz CT molecular complexity index is 60.9. The minimum absolute atomic E-state index is 0.556. The van der Waals surface area contributed by atoms with Crippen molar-refractivity contribution in [2.45, 2.75) is 13.3 Å². The fourth-order valence-corrected chi connectivity index (χ4v) is 2.05. The Hall–Kier alpha value is 0.700. The molecule has 2 nitrogen and oxygen atoms in total. The van der Waals surface area contributed by atoms with Gasteiger partial charge in [-0.25, -0.2) is 0 Å². The molecule has 0 atom stereocenters. The maximum Gasteiger partial charge on any atom is 0.165 e. The Balaban J connectivity index is 2.75. The van der Waals surface area contributed by atoms with Crippen LogP contribution in [0.25, 0.3) is 0 Å². The molecule has 0 aliphatic rings. The molecule has 0 bridgehead atoms. The third kappa shape index (κ3) is 8.70. The van der Waals surface area contributed by atoms with Gasteiger partial charge in [0, 0.05) is 11.9 Å². The van der Waals surface area contributed by atoms with E-state index in [2.05, 4.69) is 6.92 Å². The highest BCUT2D eigenvalue weighted by Crippen LogP contribution is 2.23. The van der Waals surface area contributed by atoms with Gasteiger partial charge in [-0.05, 0) is 12.2 Å². The van der Waals surface area contributed by atoms with Crippen molar-refractivity contribution < 1.29 is 9.79 Å². The fourth-order valence-electron chi connectivity index (χ4n) is 0.393. The minimum Gasteiger partial charge on any atom is -0.350 e. The van der Waals surface area contributed by atoms with Crippen molar-refractivity contribution in [1.82, 2.24) is 0 Å². The zero-order valence-corrected chi connectivity index (χ0v) is 7.29. The van der Waals surface area contributed by atoms with Crippen molar-refractivity contribution in [1.29, 1.82) is 0 Å². The summed E-state index contributed by atoms with van der Waals surface area (Å²) in [5.74, 6) is 2.01. The first-order valence-electron chi connectivity index (χ1n) is 3.00. The van der Waals surface area contributed by atoms with Gasteiger partial charge >= 0.3 is 0 Å². The third-order valence-corrected chi connectivity index (χ3v) is 2.90. The normalized spacial score (nSPS) is 10.7. The van der Waals surface area contributed by atoms with E-state index in [1.807, 2.05) is 0 Å². The van der Waals surface area contributed by atoms with Crippen LogP contribution >= 0.6 is 20.1 Å². The van der Waals surface area contributed by atoms with Gasteiger partial charge in [0.05, 0.1) is 0 Å². The molecule has 0 aromatic carbocycles. The molecule has 0 aliphatic heterocycles. The minimum atomic E-state index is -1.64. The molecule has 9 heavy (non-hydrogen) atoms. The number of thioether (sulfide) groups is 1. The summed E-state index contributed by atoms with van der Waals surface area (Å²) in [4.78, 5) is 16.9. The van der Waals surface area contributed by atoms with Crippen LogP contribution in [0.4, 0.5) is 0 Å². The van der Waals surface area contributed by atoms with Gasteiger partial charge < -0.3 is 9.79 Å². The maximum absolute atomic E-state index is 8.46. The summed E-state index contributed by atoms with van der Waals surface area (Å²) in [5, 5.41) is 0. The van der Waals surface area contributed by atoms with Crippen molar-refractivity contribution in [3.63, 3.8) is 0 Å². The van der Waals surface area contributed by atoms with Crippen molar-refractivity contribution in [3.05, 3.63) is 0 Å². The highest BCUT2D eigenvalue weighted by molar-refractivity contribution is 7.99. The third-order valence-electron chi connectivity index (χ3n) is 0.784. The van der Waals surface area contributed by atoms with Crippen LogP contribution in [-0.2, 0) is 0 Å². The van der Waals surface area contributed by atoms with E-state index in [9.17, 15) is 0 Å². The Kier molecular flexibility index (Phi) is 7.34. The lowest BCUT2D eigenvalue weighted by Crippen LogP contribution is -1.87. The molecule has 0 radical (unpaired) electrons. The second kappa shape index (κ2) is 6.81. The molecule has 0 saturated heterocycles. The molecule has 0 aromatic rings. The summed E-state index contributed by atoms with van der Waals surface area (Å²) in [6.07, 6.45) is 1.72. The first-order chi connectivity index (χ1) is 4.27. The van der Waals surface area contributed by atoms with Crippen LogP contribution < -0.4 is 0 Å². The number of hydrogen-bond acceptors (Lipinski definition) is 3. The van der Waals surface area contributed by atoms with Crippen LogP contribution in [-0.4, -0.2) is 27.5 Å². The van der Waals surface area contributed by atoms with E-state index in [1.165, 1.54) is 6.42 Å². The number of rotatable bonds is 5. The molecule has 4 heteroatoms. The second-order valence-electron chi connectivity index (χ2n) is 1.71. The molecule has 0 heterocycles. The van der Waals surface area contributed by atoms with E-state index in [-0.39, 0.29) is 0 Å². The lowest BCUT2D eigenvalue weighted by Gasteiger charge is -1.99. The predicted octanol–water partition coefficient (Wildman–Crippen LogP) is 1.43. The van der Waals surface area contributed by atoms with Crippen molar-refractivity contribution in [2.75, 3.05) is 17.7 Å². The van der Waals surface area contributed by atoms with E-state index in [1.54, 1.807) is 11.8 Å². The van der Waals surface area contributed by atoms with Gasteiger partial charge in [0.15, 0.2) is 8.38 Å². The zero-order valence-electron chi connectivity index (χ0n) is 5.58. The van der Waals surface area contributed by atoms with Crippen LogP contribution in [0, 0.1) is 0 Å². The topological polar surface area (TPSA) is 40.5 Å². The number of hydrogen-bond donors (Lipinski definition) is 2. The van der Waals surface area contributed by atoms with Gasteiger partial charge in [-0.3, -0.25) is 0 Å². The average molecular weight is 168 g/mol. The fraction of sp³-hybridized carbons (Fsp3) is 1.00. The molecule has 0 rings (SSSR count). The molecule has 2 N–H and O–H groups in total. The highest BCUT2D eigenvalue weighted by Gasteiger charge is 1.95. The Morgan fingerprint density at radius 2 is 2.00 bits per heavy atom. The molecule has 0 spiro atoms. The van der Waals surface area contributed by atoms with Gasteiger partial charge in [-0.15, -0.1) is 0 Å². The second-order valence-corrected chi connectivity index (χ2v) is 4.12. The van der Waals surface area contributed by atoms with E-state index >= 15 is 0 Å². The van der Waals surface area contributed by atoms with Gasteiger partial charge in [0.25, 0.3) is 0 Å². The maximum atomic E-state index is 8.46. The van der Waals surface area contributed by atoms with Gasteiger partial charge in [0.2, 0.25) is 0 Å². The molecule has 56 valence electrons. The van der Waals surface area contributed by atoms with Crippen molar-refractivity contribution in [3.8, 4) is 0 Å². The summed E-state index contributed by atoms with van der Waals surface area (Å²) in [5.41, 5.74) is 0. The summed E-state index contributed by atoms with van der Waals surface area (Å²) in [7, 11) is -1.64. The van der Waals surface area contributed by atoms with Crippen molar-refractivity contribution >= 4 is 20.1 Å². The van der Waals surface area contributed by atoms with Crippen LogP contribution in [0.5, 0.6) is 0 Å². The van der Waals surface area contributed by atoms with Crippen LogP contribution in [0.2, 0.25) is 0 Å². The van der Waals surface area contributed by atoms with E-state index in [4.69, 9.17) is 9.79 Å². The summed E-state index contributed by atoms with van der Waals surface area (Å²) in [6.45, 7) is 2.12. The molecule has 0 amide bonds. The largest absolute Gasteiger partial charge is 0.350 e. The lowest BCUT2D eigenvalue weighted by molar-refractivity contribution is 0.485. The van der Waals surface area contributed by atoms with E-state index in [0.717, 1.165) is 11.5 Å². The molecular formula is C5H13O2PS. The van der Waals surface area contributed by atoms with E-state index in [0.29, 0.717) is 6.16 Å². The summed E-state index contributed by atoms with van der Waals surface area (Å²) >= 11 is 1.78. The lowest BCUT2D eigenvalue weighted by atomic mass is 10.6. The van der Waals surface area contributed by atoms with Gasteiger partial charge in [0.1, 0.15) is 0 Å². The van der Waals surface area contributed by atoms with Gasteiger partial charge in [-0.1, -0.05) is 6.92 Å². The average Bonchev–Trinajstić information content (AvgIpc) is 1.80. The van der Waals surface area contributed by atoms with Crippen LogP contribution in [0.3, 0.4) is 0 Å². The Labute approximate surface area is 61.6 Å². The zero-order chi connectivity index (χ0) is 7.11.